The molecule has 1 heterocycles. The maximum Gasteiger partial charge on any atom is 0.165 e. The number of likely N-dealkylation sites (tertiary alicyclic amines) is 1. The average molecular weight is 251 g/mol. The minimum absolute atomic E-state index is 0.0107. The van der Waals surface area contributed by atoms with Crippen LogP contribution in [0.15, 0.2) is 18.2 Å². The Morgan fingerprint density at radius 3 is 2.72 bits per heavy atom. The van der Waals surface area contributed by atoms with E-state index in [1.54, 1.807) is 6.07 Å². The van der Waals surface area contributed by atoms with E-state index in [4.69, 9.17) is 4.74 Å². The molecule has 0 aromatic heterocycles. The van der Waals surface area contributed by atoms with E-state index in [0.717, 1.165) is 19.6 Å². The molecule has 4 heteroatoms. The predicted molar refractivity (Wildman–Crippen MR) is 67.6 cm³/mol. The molecule has 1 aliphatic rings. The van der Waals surface area contributed by atoms with Gasteiger partial charge in [-0.25, -0.2) is 4.39 Å². The quantitative estimate of drug-likeness (QED) is 0.753. The van der Waals surface area contributed by atoms with Gasteiger partial charge in [0.1, 0.15) is 0 Å². The third-order valence-electron chi connectivity index (χ3n) is 3.33. The summed E-state index contributed by atoms with van der Waals surface area (Å²) in [6.45, 7) is 2.92. The van der Waals surface area contributed by atoms with Crippen LogP contribution < -0.4 is 4.74 Å². The number of halogens is 1. The van der Waals surface area contributed by atoms with Gasteiger partial charge in [-0.2, -0.15) is 0 Å². The summed E-state index contributed by atoms with van der Waals surface area (Å²) in [7, 11) is 1.41. The van der Waals surface area contributed by atoms with Gasteiger partial charge >= 0.3 is 0 Å². The lowest BCUT2D eigenvalue weighted by Gasteiger charge is -2.13. The van der Waals surface area contributed by atoms with Crippen molar-refractivity contribution in [3.63, 3.8) is 0 Å². The van der Waals surface area contributed by atoms with Crippen LogP contribution in [-0.4, -0.2) is 37.4 Å². The summed E-state index contributed by atoms with van der Waals surface area (Å²) in [6, 6.07) is 4.37. The summed E-state index contributed by atoms with van der Waals surface area (Å²) in [5.41, 5.74) is 0.424. The monoisotopic (exact) mass is 251 g/mol. The van der Waals surface area contributed by atoms with Crippen LogP contribution in [0.1, 0.15) is 29.6 Å². The number of rotatable bonds is 5. The van der Waals surface area contributed by atoms with Crippen LogP contribution in [0.5, 0.6) is 5.75 Å². The van der Waals surface area contributed by atoms with Crippen LogP contribution in [0.2, 0.25) is 0 Å². The fourth-order valence-corrected chi connectivity index (χ4v) is 2.25. The van der Waals surface area contributed by atoms with Gasteiger partial charge in [0, 0.05) is 18.5 Å². The van der Waals surface area contributed by atoms with Gasteiger partial charge in [-0.15, -0.1) is 0 Å². The minimum Gasteiger partial charge on any atom is -0.494 e. The average Bonchev–Trinajstić information content (AvgIpc) is 2.89. The first-order valence-corrected chi connectivity index (χ1v) is 6.30. The highest BCUT2D eigenvalue weighted by molar-refractivity contribution is 5.96. The Hall–Kier alpha value is -1.42. The van der Waals surface area contributed by atoms with Crippen LogP contribution >= 0.6 is 0 Å². The van der Waals surface area contributed by atoms with E-state index in [0.29, 0.717) is 12.0 Å². The first kappa shape index (κ1) is 13.0. The van der Waals surface area contributed by atoms with Crippen molar-refractivity contribution >= 4 is 5.78 Å². The number of benzene rings is 1. The fourth-order valence-electron chi connectivity index (χ4n) is 2.25. The molecule has 1 aliphatic heterocycles. The smallest absolute Gasteiger partial charge is 0.165 e. The molecule has 0 saturated carbocycles. The van der Waals surface area contributed by atoms with E-state index in [9.17, 15) is 9.18 Å². The van der Waals surface area contributed by atoms with Crippen molar-refractivity contribution in [2.75, 3.05) is 26.7 Å². The molecule has 1 fully saturated rings. The predicted octanol–water partition coefficient (Wildman–Crippen LogP) is 2.50. The number of hydrogen-bond acceptors (Lipinski definition) is 3. The molecule has 0 unspecified atom stereocenters. The van der Waals surface area contributed by atoms with Crippen LogP contribution in [0.4, 0.5) is 4.39 Å². The molecule has 1 aromatic carbocycles. The van der Waals surface area contributed by atoms with Crippen molar-refractivity contribution in [2.24, 2.45) is 0 Å². The zero-order valence-electron chi connectivity index (χ0n) is 10.6. The van der Waals surface area contributed by atoms with Gasteiger partial charge in [-0.1, -0.05) is 0 Å². The zero-order chi connectivity index (χ0) is 13.0. The highest BCUT2D eigenvalue weighted by atomic mass is 19.1. The Morgan fingerprint density at radius 1 is 1.39 bits per heavy atom. The fraction of sp³-hybridized carbons (Fsp3) is 0.500. The molecule has 0 aliphatic carbocycles. The van der Waals surface area contributed by atoms with E-state index in [1.807, 2.05) is 0 Å². The first-order chi connectivity index (χ1) is 8.70. The standard InChI is InChI=1S/C14H18FNO2/c1-18-14-5-4-11(10-12(14)15)13(17)6-9-16-7-2-3-8-16/h4-5,10H,2-3,6-9H2,1H3. The number of carbonyl (C=O) groups is 1. The highest BCUT2D eigenvalue weighted by Crippen LogP contribution is 2.19. The molecule has 18 heavy (non-hydrogen) atoms. The largest absolute Gasteiger partial charge is 0.494 e. The number of hydrogen-bond donors (Lipinski definition) is 0. The second kappa shape index (κ2) is 5.96. The maximum absolute atomic E-state index is 13.5. The van der Waals surface area contributed by atoms with Crippen molar-refractivity contribution < 1.29 is 13.9 Å². The van der Waals surface area contributed by atoms with Crippen LogP contribution in [0, 0.1) is 5.82 Å². The molecule has 2 rings (SSSR count). The van der Waals surface area contributed by atoms with E-state index in [-0.39, 0.29) is 11.5 Å². The van der Waals surface area contributed by atoms with E-state index >= 15 is 0 Å². The molecule has 1 saturated heterocycles. The van der Waals surface area contributed by atoms with Crippen LogP contribution in [0.25, 0.3) is 0 Å². The van der Waals surface area contributed by atoms with Gasteiger partial charge < -0.3 is 9.64 Å². The van der Waals surface area contributed by atoms with Crippen LogP contribution in [0.3, 0.4) is 0 Å². The van der Waals surface area contributed by atoms with Crippen molar-refractivity contribution in [3.8, 4) is 5.75 Å². The molecule has 0 amide bonds. The second-order valence-corrected chi connectivity index (χ2v) is 4.57. The number of ketones is 1. The molecule has 0 bridgehead atoms. The Kier molecular flexibility index (Phi) is 4.31. The maximum atomic E-state index is 13.5. The minimum atomic E-state index is -0.482. The van der Waals surface area contributed by atoms with Gasteiger partial charge in [0.15, 0.2) is 17.3 Å². The molecule has 1 aromatic rings. The van der Waals surface area contributed by atoms with E-state index < -0.39 is 5.82 Å². The van der Waals surface area contributed by atoms with E-state index in [1.165, 1.54) is 32.1 Å². The highest BCUT2D eigenvalue weighted by Gasteiger charge is 2.14. The first-order valence-electron chi connectivity index (χ1n) is 6.30. The molecular weight excluding hydrogens is 233 g/mol. The summed E-state index contributed by atoms with van der Waals surface area (Å²) in [6.07, 6.45) is 2.88. The molecule has 0 spiro atoms. The summed E-state index contributed by atoms with van der Waals surface area (Å²) in [5.74, 6) is -0.320. The number of ether oxygens (including phenoxy) is 1. The van der Waals surface area contributed by atoms with Gasteiger partial charge in [0.2, 0.25) is 0 Å². The molecule has 0 atom stereocenters. The third-order valence-corrected chi connectivity index (χ3v) is 3.33. The van der Waals surface area contributed by atoms with Gasteiger partial charge in [-0.3, -0.25) is 4.79 Å². The van der Waals surface area contributed by atoms with Crippen molar-refractivity contribution in [2.45, 2.75) is 19.3 Å². The second-order valence-electron chi connectivity index (χ2n) is 4.57. The normalized spacial score (nSPS) is 15.9. The summed E-state index contributed by atoms with van der Waals surface area (Å²) < 4.78 is 18.3. The van der Waals surface area contributed by atoms with Gasteiger partial charge in [0.25, 0.3) is 0 Å². The van der Waals surface area contributed by atoms with Gasteiger partial charge in [0.05, 0.1) is 7.11 Å². The third kappa shape index (κ3) is 3.07. The molecule has 0 N–H and O–H groups in total. The summed E-state index contributed by atoms with van der Waals surface area (Å²) >= 11 is 0. The molecule has 98 valence electrons. The Morgan fingerprint density at radius 2 is 2.11 bits per heavy atom. The zero-order valence-corrected chi connectivity index (χ0v) is 10.6. The Balaban J connectivity index is 1.93. The molecule has 0 radical (unpaired) electrons. The van der Waals surface area contributed by atoms with Crippen molar-refractivity contribution in [1.29, 1.82) is 0 Å². The topological polar surface area (TPSA) is 29.5 Å². The Labute approximate surface area is 107 Å². The molecule has 3 nitrogen and oxygen atoms in total. The lowest BCUT2D eigenvalue weighted by molar-refractivity contribution is 0.0968. The summed E-state index contributed by atoms with van der Waals surface area (Å²) in [4.78, 5) is 14.2. The lowest BCUT2D eigenvalue weighted by atomic mass is 10.1. The van der Waals surface area contributed by atoms with Crippen molar-refractivity contribution in [3.05, 3.63) is 29.6 Å². The van der Waals surface area contributed by atoms with Crippen molar-refractivity contribution in [1.82, 2.24) is 4.90 Å². The Bertz CT molecular complexity index is 428. The van der Waals surface area contributed by atoms with Crippen LogP contribution in [-0.2, 0) is 0 Å². The summed E-state index contributed by atoms with van der Waals surface area (Å²) in [5, 5.41) is 0. The SMILES string of the molecule is COc1ccc(C(=O)CCN2CCCC2)cc1F. The van der Waals surface area contributed by atoms with E-state index in [2.05, 4.69) is 4.90 Å². The molecular formula is C14H18FNO2. The number of Topliss-reactive ketones (excluding diaryl/α,β-unsaturated/α-hetero) is 1. The number of nitrogens with zero attached hydrogens (tertiary/aromatic N) is 1. The lowest BCUT2D eigenvalue weighted by Crippen LogP contribution is -2.22. The van der Waals surface area contributed by atoms with Gasteiger partial charge in [-0.05, 0) is 44.1 Å². The number of carbonyl (C=O) groups excluding carboxylic acids is 1. The number of methoxy groups -OCH3 is 1.